The molecule has 0 unspecified atom stereocenters. The second-order valence-corrected chi connectivity index (χ2v) is 8.73. The van der Waals surface area contributed by atoms with Crippen molar-refractivity contribution in [3.8, 4) is 5.75 Å². The molecule has 2 heterocycles. The zero-order chi connectivity index (χ0) is 17.4. The summed E-state index contributed by atoms with van der Waals surface area (Å²) in [4.78, 5) is 13.0. The Labute approximate surface area is 163 Å². The van der Waals surface area contributed by atoms with E-state index in [4.69, 9.17) is 27.9 Å². The van der Waals surface area contributed by atoms with E-state index in [0.29, 0.717) is 22.0 Å². The van der Waals surface area contributed by atoms with Crippen molar-refractivity contribution in [3.05, 3.63) is 74.4 Å². The van der Waals surface area contributed by atoms with Gasteiger partial charge in [0.2, 0.25) is 0 Å². The fourth-order valence-electron chi connectivity index (χ4n) is 2.67. The van der Waals surface area contributed by atoms with Crippen molar-refractivity contribution in [2.75, 3.05) is 12.4 Å². The van der Waals surface area contributed by atoms with Gasteiger partial charge in [-0.3, -0.25) is 4.79 Å². The van der Waals surface area contributed by atoms with Crippen molar-refractivity contribution in [2.24, 2.45) is 0 Å². The topological polar surface area (TPSA) is 26.3 Å². The number of fused-ring (bicyclic) bond motifs is 2. The summed E-state index contributed by atoms with van der Waals surface area (Å²) in [6.07, 6.45) is 2.07. The van der Waals surface area contributed by atoms with Crippen LogP contribution in [0.25, 0.3) is 15.7 Å². The molecule has 0 saturated carbocycles. The maximum absolute atomic E-state index is 13.0. The molecule has 2 aromatic carbocycles. The van der Waals surface area contributed by atoms with Crippen molar-refractivity contribution in [1.82, 2.24) is 0 Å². The summed E-state index contributed by atoms with van der Waals surface area (Å²) in [6, 6.07) is 12.6. The molecule has 25 heavy (non-hydrogen) atoms. The Bertz CT molecular complexity index is 1040. The van der Waals surface area contributed by atoms with E-state index in [-0.39, 0.29) is 5.43 Å². The molecule has 0 atom stereocenters. The van der Waals surface area contributed by atoms with Crippen LogP contribution in [0.4, 0.5) is 0 Å². The Morgan fingerprint density at radius 3 is 2.60 bits per heavy atom. The molecule has 3 aromatic rings. The summed E-state index contributed by atoms with van der Waals surface area (Å²) in [5, 5.41) is 2.01. The molecule has 0 spiro atoms. The molecule has 0 bridgehead atoms. The summed E-state index contributed by atoms with van der Waals surface area (Å²) in [7, 11) is 0. The number of thioether (sulfide) groups is 1. The fourth-order valence-corrected chi connectivity index (χ4v) is 5.53. The SMILES string of the molecule is O=c1c2c(sc3cc(Cl)ccc13)SCC=C2COc1ccc(Cl)cc1. The Morgan fingerprint density at radius 1 is 1.04 bits per heavy atom. The van der Waals surface area contributed by atoms with Gasteiger partial charge in [0.15, 0.2) is 5.43 Å². The first kappa shape index (κ1) is 17.0. The van der Waals surface area contributed by atoms with E-state index in [2.05, 4.69) is 6.08 Å². The zero-order valence-electron chi connectivity index (χ0n) is 12.9. The van der Waals surface area contributed by atoms with Gasteiger partial charge in [-0.05, 0) is 48.0 Å². The van der Waals surface area contributed by atoms with E-state index >= 15 is 0 Å². The highest BCUT2D eigenvalue weighted by Gasteiger charge is 2.20. The number of hydrogen-bond acceptors (Lipinski definition) is 4. The maximum Gasteiger partial charge on any atom is 0.196 e. The minimum Gasteiger partial charge on any atom is -0.489 e. The number of hydrogen-bond donors (Lipinski definition) is 0. The fraction of sp³-hybridized carbons (Fsp3) is 0.105. The van der Waals surface area contributed by atoms with E-state index in [1.807, 2.05) is 18.2 Å². The molecule has 0 aliphatic carbocycles. The van der Waals surface area contributed by atoms with Crippen molar-refractivity contribution in [3.63, 3.8) is 0 Å². The Hall–Kier alpha value is -1.46. The van der Waals surface area contributed by atoms with Gasteiger partial charge in [0.05, 0.1) is 9.77 Å². The van der Waals surface area contributed by atoms with E-state index in [1.54, 1.807) is 47.4 Å². The van der Waals surface area contributed by atoms with Crippen LogP contribution in [0.3, 0.4) is 0 Å². The average Bonchev–Trinajstić information content (AvgIpc) is 2.61. The third kappa shape index (κ3) is 3.44. The minimum absolute atomic E-state index is 0.0403. The molecule has 0 fully saturated rings. The largest absolute Gasteiger partial charge is 0.489 e. The van der Waals surface area contributed by atoms with Gasteiger partial charge in [0.1, 0.15) is 12.4 Å². The van der Waals surface area contributed by atoms with Crippen LogP contribution in [-0.2, 0) is 0 Å². The van der Waals surface area contributed by atoms with Gasteiger partial charge < -0.3 is 4.74 Å². The first-order valence-electron chi connectivity index (χ1n) is 7.59. The summed E-state index contributed by atoms with van der Waals surface area (Å²) >= 11 is 15.3. The number of halogens is 2. The van der Waals surface area contributed by atoms with E-state index < -0.39 is 0 Å². The molecule has 4 rings (SSSR count). The number of rotatable bonds is 3. The quantitative estimate of drug-likeness (QED) is 0.522. The second-order valence-electron chi connectivity index (χ2n) is 5.52. The third-order valence-corrected chi connectivity index (χ3v) is 6.73. The lowest BCUT2D eigenvalue weighted by atomic mass is 10.1. The highest BCUT2D eigenvalue weighted by molar-refractivity contribution is 8.01. The molecule has 0 N–H and O–H groups in total. The van der Waals surface area contributed by atoms with Crippen LogP contribution in [0, 0.1) is 0 Å². The molecule has 1 aliphatic rings. The Morgan fingerprint density at radius 2 is 1.80 bits per heavy atom. The van der Waals surface area contributed by atoms with E-state index in [9.17, 15) is 4.79 Å². The average molecular weight is 407 g/mol. The van der Waals surface area contributed by atoms with Crippen molar-refractivity contribution < 1.29 is 4.74 Å². The van der Waals surface area contributed by atoms with Crippen LogP contribution >= 0.6 is 46.3 Å². The molecule has 6 heteroatoms. The van der Waals surface area contributed by atoms with E-state index in [1.165, 1.54) is 0 Å². The Balaban J connectivity index is 1.70. The zero-order valence-corrected chi connectivity index (χ0v) is 16.1. The van der Waals surface area contributed by atoms with Gasteiger partial charge in [-0.15, -0.1) is 23.1 Å². The van der Waals surface area contributed by atoms with Gasteiger partial charge in [-0.2, -0.15) is 0 Å². The first-order valence-corrected chi connectivity index (χ1v) is 10.1. The lowest BCUT2D eigenvalue weighted by Crippen LogP contribution is -2.15. The van der Waals surface area contributed by atoms with Gasteiger partial charge in [-0.25, -0.2) is 0 Å². The Kier molecular flexibility index (Phi) is 4.78. The minimum atomic E-state index is 0.0403. The van der Waals surface area contributed by atoms with Gasteiger partial charge >= 0.3 is 0 Å². The van der Waals surface area contributed by atoms with Crippen LogP contribution < -0.4 is 10.2 Å². The van der Waals surface area contributed by atoms with Crippen molar-refractivity contribution in [2.45, 2.75) is 4.21 Å². The summed E-state index contributed by atoms with van der Waals surface area (Å²) in [5.74, 6) is 1.56. The van der Waals surface area contributed by atoms with Gasteiger partial charge in [0.25, 0.3) is 0 Å². The molecule has 0 amide bonds. The highest BCUT2D eigenvalue weighted by atomic mass is 35.5. The summed E-state index contributed by atoms with van der Waals surface area (Å²) in [6.45, 7) is 0.357. The first-order chi connectivity index (χ1) is 12.1. The number of ether oxygens (including phenoxy) is 1. The smallest absolute Gasteiger partial charge is 0.196 e. The normalized spacial score (nSPS) is 13.4. The van der Waals surface area contributed by atoms with Crippen molar-refractivity contribution in [1.29, 1.82) is 0 Å². The second kappa shape index (κ2) is 7.04. The van der Waals surface area contributed by atoms with Gasteiger partial charge in [-0.1, -0.05) is 29.3 Å². The third-order valence-electron chi connectivity index (χ3n) is 3.90. The molecule has 1 aromatic heterocycles. The van der Waals surface area contributed by atoms with Crippen LogP contribution in [0.2, 0.25) is 10.0 Å². The summed E-state index contributed by atoms with van der Waals surface area (Å²) in [5.41, 5.74) is 1.73. The summed E-state index contributed by atoms with van der Waals surface area (Å²) < 4.78 is 7.80. The highest BCUT2D eigenvalue weighted by Crippen LogP contribution is 2.38. The van der Waals surface area contributed by atoms with Gasteiger partial charge in [0, 0.05) is 25.9 Å². The lowest BCUT2D eigenvalue weighted by molar-refractivity contribution is 0.369. The molecule has 0 saturated heterocycles. The molecule has 1 aliphatic heterocycles. The van der Waals surface area contributed by atoms with Crippen LogP contribution in [0.5, 0.6) is 5.75 Å². The predicted molar refractivity (Wildman–Crippen MR) is 109 cm³/mol. The predicted octanol–water partition coefficient (Wildman–Crippen LogP) is 6.14. The number of benzene rings is 2. The monoisotopic (exact) mass is 406 g/mol. The molecule has 126 valence electrons. The molecule has 0 radical (unpaired) electrons. The molecular formula is C19H12Cl2O2S2. The lowest BCUT2D eigenvalue weighted by Gasteiger charge is -2.17. The molecule has 2 nitrogen and oxygen atoms in total. The van der Waals surface area contributed by atoms with Crippen LogP contribution in [0.15, 0.2) is 57.5 Å². The maximum atomic E-state index is 13.0. The van der Waals surface area contributed by atoms with Crippen LogP contribution in [0.1, 0.15) is 5.56 Å². The molecular weight excluding hydrogens is 395 g/mol. The van der Waals surface area contributed by atoms with Crippen LogP contribution in [-0.4, -0.2) is 12.4 Å². The van der Waals surface area contributed by atoms with Crippen molar-refractivity contribution >= 4 is 62.0 Å². The van der Waals surface area contributed by atoms with E-state index in [0.717, 1.165) is 31.5 Å². The standard InChI is InChI=1S/C19H12Cl2O2S2/c20-12-1-4-14(5-2-12)23-10-11-7-8-24-19-17(11)18(22)15-6-3-13(21)9-16(15)25-19/h1-7,9H,8,10H2.